The third-order valence-corrected chi connectivity index (χ3v) is 4.31. The molecule has 1 aromatic carbocycles. The summed E-state index contributed by atoms with van der Waals surface area (Å²) >= 11 is 11.9. The van der Waals surface area contributed by atoms with Gasteiger partial charge < -0.3 is 9.64 Å². The minimum Gasteiger partial charge on any atom is -0.439 e. The molecule has 1 aromatic rings. The summed E-state index contributed by atoms with van der Waals surface area (Å²) in [7, 11) is 0. The van der Waals surface area contributed by atoms with Crippen LogP contribution in [0.15, 0.2) is 18.2 Å². The fourth-order valence-corrected chi connectivity index (χ4v) is 3.18. The molecule has 0 N–H and O–H groups in total. The molecule has 22 heavy (non-hydrogen) atoms. The standard InChI is InChI=1S/C14H12Cl2N2O4/c15-8-1-2-10(11(16)5-8)13(20)17-4-3-9(6-17)18-12(19)7-22-14(18)21/h1-2,5,9H,3-4,6-7H2. The largest absolute Gasteiger partial charge is 0.439 e. The quantitative estimate of drug-likeness (QED) is 0.826. The molecule has 2 aliphatic rings. The Hall–Kier alpha value is -1.79. The number of ether oxygens (including phenoxy) is 1. The second kappa shape index (κ2) is 5.78. The highest BCUT2D eigenvalue weighted by molar-refractivity contribution is 6.36. The Bertz CT molecular complexity index is 648. The van der Waals surface area contributed by atoms with Gasteiger partial charge in [0.1, 0.15) is 0 Å². The number of likely N-dealkylation sites (tertiary alicyclic amines) is 1. The minimum absolute atomic E-state index is 0.230. The summed E-state index contributed by atoms with van der Waals surface area (Å²) in [5, 5.41) is 0.726. The van der Waals surface area contributed by atoms with Gasteiger partial charge in [-0.15, -0.1) is 0 Å². The highest BCUT2D eigenvalue weighted by Crippen LogP contribution is 2.26. The van der Waals surface area contributed by atoms with Crippen LogP contribution in [0.2, 0.25) is 10.0 Å². The maximum absolute atomic E-state index is 12.5. The van der Waals surface area contributed by atoms with E-state index in [1.807, 2.05) is 0 Å². The van der Waals surface area contributed by atoms with Crippen LogP contribution >= 0.6 is 23.2 Å². The van der Waals surface area contributed by atoms with Crippen LogP contribution in [0, 0.1) is 0 Å². The van der Waals surface area contributed by atoms with Crippen LogP contribution in [-0.4, -0.2) is 53.4 Å². The van der Waals surface area contributed by atoms with Crippen molar-refractivity contribution in [1.29, 1.82) is 0 Å². The van der Waals surface area contributed by atoms with Crippen LogP contribution in [0.25, 0.3) is 0 Å². The van der Waals surface area contributed by atoms with Gasteiger partial charge in [0.2, 0.25) is 0 Å². The van der Waals surface area contributed by atoms with E-state index >= 15 is 0 Å². The number of carbonyl (C=O) groups excluding carboxylic acids is 3. The molecule has 2 fully saturated rings. The Morgan fingerprint density at radius 3 is 2.68 bits per heavy atom. The maximum Gasteiger partial charge on any atom is 0.417 e. The normalized spacial score (nSPS) is 21.5. The van der Waals surface area contributed by atoms with Gasteiger partial charge in [0.25, 0.3) is 11.8 Å². The molecule has 1 atom stereocenters. The molecule has 3 amide bonds. The summed E-state index contributed by atoms with van der Waals surface area (Å²) in [5.74, 6) is -0.613. The van der Waals surface area contributed by atoms with Crippen molar-refractivity contribution < 1.29 is 19.1 Å². The van der Waals surface area contributed by atoms with Crippen molar-refractivity contribution in [2.45, 2.75) is 12.5 Å². The number of amides is 3. The van der Waals surface area contributed by atoms with Gasteiger partial charge in [-0.1, -0.05) is 23.2 Å². The molecule has 6 nitrogen and oxygen atoms in total. The van der Waals surface area contributed by atoms with E-state index in [0.29, 0.717) is 23.6 Å². The Morgan fingerprint density at radius 2 is 2.05 bits per heavy atom. The number of halogens is 2. The average molecular weight is 343 g/mol. The fraction of sp³-hybridized carbons (Fsp3) is 0.357. The fourth-order valence-electron chi connectivity index (χ4n) is 2.69. The van der Waals surface area contributed by atoms with Gasteiger partial charge in [-0.2, -0.15) is 0 Å². The first-order chi connectivity index (χ1) is 10.5. The summed E-state index contributed by atoms with van der Waals surface area (Å²) in [6.07, 6.45) is -0.119. The molecular formula is C14H12Cl2N2O4. The zero-order valence-corrected chi connectivity index (χ0v) is 12.9. The first-order valence-corrected chi connectivity index (χ1v) is 7.46. The molecule has 0 saturated carbocycles. The van der Waals surface area contributed by atoms with E-state index in [-0.39, 0.29) is 36.0 Å². The minimum atomic E-state index is -0.645. The summed E-state index contributed by atoms with van der Waals surface area (Å²) in [5.41, 5.74) is 0.349. The van der Waals surface area contributed by atoms with E-state index in [1.165, 1.54) is 6.07 Å². The molecule has 2 aliphatic heterocycles. The monoisotopic (exact) mass is 342 g/mol. The number of nitrogens with zero attached hydrogens (tertiary/aromatic N) is 2. The van der Waals surface area contributed by atoms with Crippen LogP contribution in [0.1, 0.15) is 16.8 Å². The molecule has 0 radical (unpaired) electrons. The zero-order chi connectivity index (χ0) is 15.9. The summed E-state index contributed by atoms with van der Waals surface area (Å²) < 4.78 is 4.70. The van der Waals surface area contributed by atoms with E-state index in [1.54, 1.807) is 17.0 Å². The molecule has 116 valence electrons. The lowest BCUT2D eigenvalue weighted by atomic mass is 10.2. The summed E-state index contributed by atoms with van der Waals surface area (Å²) in [6, 6.07) is 4.31. The highest BCUT2D eigenvalue weighted by Gasteiger charge is 2.41. The third kappa shape index (κ3) is 2.64. The maximum atomic E-state index is 12.5. The molecule has 0 aliphatic carbocycles. The van der Waals surface area contributed by atoms with Crippen LogP contribution in [-0.2, 0) is 9.53 Å². The third-order valence-electron chi connectivity index (χ3n) is 3.76. The lowest BCUT2D eigenvalue weighted by Gasteiger charge is -2.21. The number of rotatable bonds is 2. The van der Waals surface area contributed by atoms with E-state index in [0.717, 1.165) is 4.90 Å². The van der Waals surface area contributed by atoms with Crippen LogP contribution in [0.5, 0.6) is 0 Å². The van der Waals surface area contributed by atoms with Crippen molar-refractivity contribution in [2.75, 3.05) is 19.7 Å². The molecule has 2 heterocycles. The second-order valence-corrected chi connectivity index (χ2v) is 5.98. The van der Waals surface area contributed by atoms with Gasteiger partial charge >= 0.3 is 6.09 Å². The van der Waals surface area contributed by atoms with E-state index in [9.17, 15) is 14.4 Å². The number of hydrogen-bond acceptors (Lipinski definition) is 4. The summed E-state index contributed by atoms with van der Waals surface area (Å²) in [4.78, 5) is 38.3. The molecule has 0 aromatic heterocycles. The topological polar surface area (TPSA) is 66.9 Å². The van der Waals surface area contributed by atoms with Crippen molar-refractivity contribution in [2.24, 2.45) is 0 Å². The number of imide groups is 1. The predicted molar refractivity (Wildman–Crippen MR) is 79.0 cm³/mol. The lowest BCUT2D eigenvalue weighted by Crippen LogP contribution is -2.42. The zero-order valence-electron chi connectivity index (χ0n) is 11.4. The van der Waals surface area contributed by atoms with Crippen molar-refractivity contribution in [3.05, 3.63) is 33.8 Å². The number of hydrogen-bond donors (Lipinski definition) is 0. The first kappa shape index (κ1) is 15.1. The Labute approximate surface area is 136 Å². The molecule has 2 saturated heterocycles. The molecule has 3 rings (SSSR count). The van der Waals surface area contributed by atoms with Crippen LogP contribution in [0.4, 0.5) is 4.79 Å². The predicted octanol–water partition coefficient (Wildman–Crippen LogP) is 2.19. The van der Waals surface area contributed by atoms with Crippen molar-refractivity contribution in [3.8, 4) is 0 Å². The molecule has 0 bridgehead atoms. The smallest absolute Gasteiger partial charge is 0.417 e. The van der Waals surface area contributed by atoms with E-state index < -0.39 is 6.09 Å². The molecule has 8 heteroatoms. The second-order valence-electron chi connectivity index (χ2n) is 5.14. The van der Waals surface area contributed by atoms with Gasteiger partial charge in [0, 0.05) is 18.1 Å². The summed E-state index contributed by atoms with van der Waals surface area (Å²) in [6.45, 7) is 0.491. The lowest BCUT2D eigenvalue weighted by molar-refractivity contribution is -0.127. The first-order valence-electron chi connectivity index (χ1n) is 6.70. The molecular weight excluding hydrogens is 331 g/mol. The van der Waals surface area contributed by atoms with Gasteiger partial charge in [-0.3, -0.25) is 9.59 Å². The Balaban J connectivity index is 1.73. The van der Waals surface area contributed by atoms with E-state index in [2.05, 4.69) is 0 Å². The highest BCUT2D eigenvalue weighted by atomic mass is 35.5. The molecule has 1 unspecified atom stereocenters. The van der Waals surface area contributed by atoms with Gasteiger partial charge in [0.05, 0.1) is 16.6 Å². The van der Waals surface area contributed by atoms with Crippen molar-refractivity contribution in [1.82, 2.24) is 9.80 Å². The van der Waals surface area contributed by atoms with Crippen LogP contribution < -0.4 is 0 Å². The Kier molecular flexibility index (Phi) is 3.97. The number of cyclic esters (lactones) is 1. The average Bonchev–Trinajstić information content (AvgIpc) is 3.05. The van der Waals surface area contributed by atoms with Gasteiger partial charge in [-0.25, -0.2) is 9.69 Å². The van der Waals surface area contributed by atoms with Gasteiger partial charge in [0.15, 0.2) is 6.61 Å². The van der Waals surface area contributed by atoms with Crippen LogP contribution in [0.3, 0.4) is 0 Å². The van der Waals surface area contributed by atoms with Crippen molar-refractivity contribution >= 4 is 41.1 Å². The number of benzene rings is 1. The van der Waals surface area contributed by atoms with Crippen molar-refractivity contribution in [3.63, 3.8) is 0 Å². The Morgan fingerprint density at radius 1 is 1.27 bits per heavy atom. The SMILES string of the molecule is O=C(c1ccc(Cl)cc1Cl)N1CCC(N2C(=O)COC2=O)C1. The van der Waals surface area contributed by atoms with Gasteiger partial charge in [-0.05, 0) is 24.6 Å². The molecule has 0 spiro atoms. The number of carbonyl (C=O) groups is 3. The van der Waals surface area contributed by atoms with E-state index in [4.69, 9.17) is 27.9 Å².